The summed E-state index contributed by atoms with van der Waals surface area (Å²) in [7, 11) is 0. The molecule has 1 atom stereocenters. The largest absolute Gasteiger partial charge is 0.479 e. The van der Waals surface area contributed by atoms with Gasteiger partial charge in [-0.25, -0.2) is 9.78 Å². The first-order valence-corrected chi connectivity index (χ1v) is 11.5. The second kappa shape index (κ2) is 9.65. The summed E-state index contributed by atoms with van der Waals surface area (Å²) < 4.78 is 7.47. The van der Waals surface area contributed by atoms with Gasteiger partial charge in [0.1, 0.15) is 11.6 Å². The van der Waals surface area contributed by atoms with E-state index in [4.69, 9.17) is 14.8 Å². The average molecular weight is 498 g/mol. The van der Waals surface area contributed by atoms with Gasteiger partial charge in [0.15, 0.2) is 6.10 Å². The van der Waals surface area contributed by atoms with Gasteiger partial charge >= 0.3 is 5.97 Å². The van der Waals surface area contributed by atoms with E-state index in [9.17, 15) is 9.59 Å². The Kier molecular flexibility index (Phi) is 6.69. The molecule has 0 amide bonds. The minimum Gasteiger partial charge on any atom is -0.479 e. The van der Waals surface area contributed by atoms with Crippen LogP contribution in [0.25, 0.3) is 10.9 Å². The first-order chi connectivity index (χ1) is 15.4. The van der Waals surface area contributed by atoms with Crippen LogP contribution >= 0.6 is 15.9 Å². The van der Waals surface area contributed by atoms with Crippen molar-refractivity contribution in [2.75, 3.05) is 0 Å². The molecule has 166 valence electrons. The number of ether oxygens (including phenoxy) is 1. The van der Waals surface area contributed by atoms with E-state index < -0.39 is 12.1 Å². The predicted molar refractivity (Wildman–Crippen MR) is 127 cm³/mol. The van der Waals surface area contributed by atoms with E-state index in [2.05, 4.69) is 21.0 Å². The molecule has 0 radical (unpaired) electrons. The first-order valence-electron chi connectivity index (χ1n) is 10.7. The van der Waals surface area contributed by atoms with Crippen molar-refractivity contribution >= 4 is 39.0 Å². The van der Waals surface area contributed by atoms with E-state index in [1.54, 1.807) is 30.5 Å². The first kappa shape index (κ1) is 22.2. The summed E-state index contributed by atoms with van der Waals surface area (Å²) in [5.74, 6) is 0.294. The summed E-state index contributed by atoms with van der Waals surface area (Å²) in [5, 5.41) is 14.1. The number of fused-ring (bicyclic) bond motifs is 1. The number of aliphatic carboxylic acids is 1. The molecule has 7 nitrogen and oxygen atoms in total. The van der Waals surface area contributed by atoms with E-state index in [-0.39, 0.29) is 11.5 Å². The lowest BCUT2D eigenvalue weighted by Crippen LogP contribution is -2.25. The molecule has 1 saturated carbocycles. The summed E-state index contributed by atoms with van der Waals surface area (Å²) in [6.45, 7) is 1.47. The Morgan fingerprint density at radius 3 is 2.72 bits per heavy atom. The number of carbonyl (C=O) groups is 1. The van der Waals surface area contributed by atoms with Crippen molar-refractivity contribution in [2.45, 2.75) is 51.0 Å². The zero-order valence-electron chi connectivity index (χ0n) is 17.7. The molecule has 1 aliphatic rings. The minimum absolute atomic E-state index is 0.179. The Morgan fingerprint density at radius 1 is 1.25 bits per heavy atom. The summed E-state index contributed by atoms with van der Waals surface area (Å²) in [6.07, 6.45) is 6.10. The lowest BCUT2D eigenvalue weighted by Gasteiger charge is -2.22. The van der Waals surface area contributed by atoms with Gasteiger partial charge in [0.2, 0.25) is 0 Å². The molecule has 1 N–H and O–H groups in total. The fourth-order valence-corrected chi connectivity index (χ4v) is 4.43. The van der Waals surface area contributed by atoms with Crippen molar-refractivity contribution in [3.8, 4) is 5.75 Å². The molecule has 2 aromatic carbocycles. The maximum Gasteiger partial charge on any atom is 0.344 e. The third-order valence-corrected chi connectivity index (χ3v) is 6.30. The van der Waals surface area contributed by atoms with Crippen molar-refractivity contribution in [2.24, 2.45) is 5.10 Å². The van der Waals surface area contributed by atoms with Crippen molar-refractivity contribution in [1.29, 1.82) is 0 Å². The van der Waals surface area contributed by atoms with Crippen molar-refractivity contribution in [1.82, 2.24) is 9.66 Å². The van der Waals surface area contributed by atoms with Gasteiger partial charge in [-0.05, 0) is 71.6 Å². The number of hydrogen-bond acceptors (Lipinski definition) is 5. The monoisotopic (exact) mass is 497 g/mol. The molecule has 1 fully saturated rings. The fraction of sp³-hybridized carbons (Fsp3) is 0.333. The van der Waals surface area contributed by atoms with Gasteiger partial charge in [0, 0.05) is 5.92 Å². The second-order valence-electron chi connectivity index (χ2n) is 7.97. The normalized spacial score (nSPS) is 15.8. The molecule has 0 spiro atoms. The fourth-order valence-electron chi connectivity index (χ4n) is 3.94. The molecule has 0 unspecified atom stereocenters. The summed E-state index contributed by atoms with van der Waals surface area (Å²) in [4.78, 5) is 29.1. The smallest absolute Gasteiger partial charge is 0.344 e. The van der Waals surface area contributed by atoms with Crippen LogP contribution in [0.2, 0.25) is 0 Å². The maximum atomic E-state index is 13.2. The van der Waals surface area contributed by atoms with Crippen LogP contribution in [0.5, 0.6) is 5.75 Å². The van der Waals surface area contributed by atoms with Crippen LogP contribution < -0.4 is 10.3 Å². The van der Waals surface area contributed by atoms with Gasteiger partial charge in [-0.2, -0.15) is 9.78 Å². The molecule has 3 aromatic rings. The molecular formula is C24H24BrN3O4. The standard InChI is InChI=1S/C24H24BrN3O4/c1-15(24(30)31)32-21-12-11-16(13-19(21)25)14-26-28-22(17-7-3-2-4-8-17)27-20-10-6-5-9-18(20)23(28)29/h5-6,9-15,17H,2-4,7-8H2,1H3,(H,30,31)/t15-/m0/s1. The molecular weight excluding hydrogens is 474 g/mol. The third kappa shape index (κ3) is 4.75. The number of rotatable bonds is 6. The Bertz CT molecular complexity index is 1230. The summed E-state index contributed by atoms with van der Waals surface area (Å²) in [6, 6.07) is 12.6. The summed E-state index contributed by atoms with van der Waals surface area (Å²) in [5.41, 5.74) is 1.25. The Morgan fingerprint density at radius 2 is 2.00 bits per heavy atom. The van der Waals surface area contributed by atoms with E-state index >= 15 is 0 Å². The molecule has 0 bridgehead atoms. The zero-order chi connectivity index (χ0) is 22.7. The minimum atomic E-state index is -1.04. The molecule has 0 aliphatic heterocycles. The molecule has 1 heterocycles. The number of aromatic nitrogens is 2. The molecule has 8 heteroatoms. The number of carboxylic acid groups (broad SMARTS) is 1. The van der Waals surface area contributed by atoms with Crippen LogP contribution in [-0.2, 0) is 4.79 Å². The Labute approximate surface area is 193 Å². The highest BCUT2D eigenvalue weighted by molar-refractivity contribution is 9.10. The number of carboxylic acids is 1. The van der Waals surface area contributed by atoms with E-state index in [1.807, 2.05) is 18.2 Å². The predicted octanol–water partition coefficient (Wildman–Crippen LogP) is 4.94. The Balaban J connectivity index is 1.70. The lowest BCUT2D eigenvalue weighted by atomic mass is 9.88. The highest BCUT2D eigenvalue weighted by atomic mass is 79.9. The van der Waals surface area contributed by atoms with Crippen molar-refractivity contribution in [3.63, 3.8) is 0 Å². The van der Waals surface area contributed by atoms with Gasteiger partial charge in [-0.15, -0.1) is 0 Å². The maximum absolute atomic E-state index is 13.2. The van der Waals surface area contributed by atoms with Gasteiger partial charge in [0.05, 0.1) is 21.6 Å². The van der Waals surface area contributed by atoms with Crippen LogP contribution in [0.4, 0.5) is 0 Å². The number of nitrogens with zero attached hydrogens (tertiary/aromatic N) is 3. The van der Waals surface area contributed by atoms with Crippen LogP contribution in [-0.4, -0.2) is 33.1 Å². The quantitative estimate of drug-likeness (QED) is 0.486. The third-order valence-electron chi connectivity index (χ3n) is 5.68. The molecule has 4 rings (SSSR count). The topological polar surface area (TPSA) is 93.8 Å². The number of para-hydroxylation sites is 1. The number of hydrogen-bond donors (Lipinski definition) is 1. The number of benzene rings is 2. The van der Waals surface area contributed by atoms with Gasteiger partial charge in [-0.1, -0.05) is 31.4 Å². The Hall–Kier alpha value is -3.00. The van der Waals surface area contributed by atoms with Gasteiger partial charge < -0.3 is 9.84 Å². The van der Waals surface area contributed by atoms with Crippen LogP contribution in [0.3, 0.4) is 0 Å². The lowest BCUT2D eigenvalue weighted by molar-refractivity contribution is -0.144. The average Bonchev–Trinajstić information content (AvgIpc) is 2.80. The van der Waals surface area contributed by atoms with Crippen molar-refractivity contribution < 1.29 is 14.6 Å². The molecule has 1 aromatic heterocycles. The van der Waals surface area contributed by atoms with Gasteiger partial charge in [0.25, 0.3) is 5.56 Å². The molecule has 1 aliphatic carbocycles. The zero-order valence-corrected chi connectivity index (χ0v) is 19.3. The van der Waals surface area contributed by atoms with Crippen LogP contribution in [0, 0.1) is 0 Å². The van der Waals surface area contributed by atoms with Crippen molar-refractivity contribution in [3.05, 3.63) is 68.7 Å². The highest BCUT2D eigenvalue weighted by Crippen LogP contribution is 2.32. The summed E-state index contributed by atoms with van der Waals surface area (Å²) >= 11 is 3.41. The highest BCUT2D eigenvalue weighted by Gasteiger charge is 2.22. The van der Waals surface area contributed by atoms with Crippen LogP contribution in [0.15, 0.2) is 56.8 Å². The molecule has 0 saturated heterocycles. The van der Waals surface area contributed by atoms with Crippen LogP contribution in [0.1, 0.15) is 56.3 Å². The second-order valence-corrected chi connectivity index (χ2v) is 8.83. The van der Waals surface area contributed by atoms with E-state index in [0.717, 1.165) is 31.2 Å². The molecule has 32 heavy (non-hydrogen) atoms. The van der Waals surface area contributed by atoms with Gasteiger partial charge in [-0.3, -0.25) is 4.79 Å². The SMILES string of the molecule is C[C@H](Oc1ccc(C=Nn2c(C3CCCCC3)nc3ccccc3c2=O)cc1Br)C(=O)O. The number of halogens is 1. The van der Waals surface area contributed by atoms with E-state index in [0.29, 0.717) is 26.9 Å². The van der Waals surface area contributed by atoms with E-state index in [1.165, 1.54) is 18.0 Å².